The molecule has 0 radical (unpaired) electrons. The fourth-order valence-electron chi connectivity index (χ4n) is 2.52. The summed E-state index contributed by atoms with van der Waals surface area (Å²) in [5.74, 6) is -1.20. The van der Waals surface area contributed by atoms with Crippen molar-refractivity contribution >= 4 is 5.97 Å². The van der Waals surface area contributed by atoms with Crippen LogP contribution in [0.1, 0.15) is 17.9 Å². The molecule has 1 aliphatic carbocycles. The molecule has 2 aromatic rings. The lowest BCUT2D eigenvalue weighted by molar-refractivity contribution is -0.138. The number of benzene rings is 2. The number of halogens is 1. The zero-order valence-electron chi connectivity index (χ0n) is 10.2. The van der Waals surface area contributed by atoms with Crippen molar-refractivity contribution in [2.45, 2.75) is 12.3 Å². The third kappa shape index (κ3) is 2.24. The van der Waals surface area contributed by atoms with Gasteiger partial charge in [-0.3, -0.25) is 4.79 Å². The average molecular weight is 256 g/mol. The second-order valence-electron chi connectivity index (χ2n) is 4.88. The van der Waals surface area contributed by atoms with Gasteiger partial charge in [0.1, 0.15) is 5.82 Å². The second-order valence-corrected chi connectivity index (χ2v) is 4.88. The first-order valence-electron chi connectivity index (χ1n) is 6.24. The van der Waals surface area contributed by atoms with Gasteiger partial charge in [-0.15, -0.1) is 0 Å². The van der Waals surface area contributed by atoms with Gasteiger partial charge in [-0.1, -0.05) is 36.4 Å². The molecule has 0 unspecified atom stereocenters. The van der Waals surface area contributed by atoms with E-state index in [1.54, 1.807) is 12.1 Å². The molecule has 2 nitrogen and oxygen atoms in total. The first kappa shape index (κ1) is 11.9. The number of rotatable bonds is 3. The van der Waals surface area contributed by atoms with Gasteiger partial charge in [-0.2, -0.15) is 0 Å². The molecule has 0 saturated heterocycles. The largest absolute Gasteiger partial charge is 0.481 e. The molecule has 2 atom stereocenters. The Labute approximate surface area is 110 Å². The summed E-state index contributed by atoms with van der Waals surface area (Å²) < 4.78 is 13.0. The Hall–Kier alpha value is -2.16. The van der Waals surface area contributed by atoms with Crippen LogP contribution in [0.3, 0.4) is 0 Å². The van der Waals surface area contributed by atoms with E-state index < -0.39 is 5.97 Å². The van der Waals surface area contributed by atoms with E-state index in [1.165, 1.54) is 12.1 Å². The summed E-state index contributed by atoms with van der Waals surface area (Å²) in [6.07, 6.45) is 0.688. The number of carbonyl (C=O) groups is 1. The molecule has 1 fully saturated rings. The zero-order valence-corrected chi connectivity index (χ0v) is 10.2. The summed E-state index contributed by atoms with van der Waals surface area (Å²) >= 11 is 0. The standard InChI is InChI=1S/C16H13FO2/c17-11-7-5-10(6-8-11)12-3-1-2-4-13(12)14-9-15(14)16(18)19/h1-8,14-15H,9H2,(H,18,19)/t14-,15+/m1/s1. The summed E-state index contributed by atoms with van der Waals surface area (Å²) in [4.78, 5) is 11.0. The first-order valence-corrected chi connectivity index (χ1v) is 6.24. The quantitative estimate of drug-likeness (QED) is 0.909. The normalized spacial score (nSPS) is 21.1. The van der Waals surface area contributed by atoms with Crippen molar-refractivity contribution in [3.63, 3.8) is 0 Å². The molecule has 1 N–H and O–H groups in total. The number of carboxylic acid groups (broad SMARTS) is 1. The van der Waals surface area contributed by atoms with Gasteiger partial charge in [0.25, 0.3) is 0 Å². The van der Waals surface area contributed by atoms with Gasteiger partial charge in [0.2, 0.25) is 0 Å². The van der Waals surface area contributed by atoms with Crippen molar-refractivity contribution in [1.29, 1.82) is 0 Å². The lowest BCUT2D eigenvalue weighted by atomic mass is 9.96. The lowest BCUT2D eigenvalue weighted by Gasteiger charge is -2.09. The average Bonchev–Trinajstić information content (AvgIpc) is 3.20. The minimum absolute atomic E-state index is 0.0822. The molecule has 0 aromatic heterocycles. The van der Waals surface area contributed by atoms with Crippen LogP contribution in [0.4, 0.5) is 4.39 Å². The van der Waals surface area contributed by atoms with Crippen molar-refractivity contribution in [3.05, 3.63) is 59.9 Å². The molecule has 19 heavy (non-hydrogen) atoms. The van der Waals surface area contributed by atoms with Gasteiger partial charge in [-0.05, 0) is 41.2 Å². The molecular formula is C16H13FO2. The molecule has 0 heterocycles. The zero-order chi connectivity index (χ0) is 13.4. The summed E-state index contributed by atoms with van der Waals surface area (Å²) in [5, 5.41) is 9.03. The Morgan fingerprint density at radius 2 is 1.79 bits per heavy atom. The maximum atomic E-state index is 13.0. The van der Waals surface area contributed by atoms with Gasteiger partial charge in [0.15, 0.2) is 0 Å². The van der Waals surface area contributed by atoms with Gasteiger partial charge in [-0.25, -0.2) is 4.39 Å². The highest BCUT2D eigenvalue weighted by Crippen LogP contribution is 2.50. The van der Waals surface area contributed by atoms with E-state index in [0.29, 0.717) is 6.42 Å². The van der Waals surface area contributed by atoms with E-state index in [2.05, 4.69) is 0 Å². The summed E-state index contributed by atoms with van der Waals surface area (Å²) in [6, 6.07) is 14.1. The molecule has 0 bridgehead atoms. The van der Waals surface area contributed by atoms with Crippen LogP contribution >= 0.6 is 0 Å². The van der Waals surface area contributed by atoms with Crippen LogP contribution in [0.25, 0.3) is 11.1 Å². The van der Waals surface area contributed by atoms with Crippen LogP contribution in [0.2, 0.25) is 0 Å². The Bertz CT molecular complexity index is 619. The Kier molecular flexibility index (Phi) is 2.82. The number of carboxylic acids is 1. The molecular weight excluding hydrogens is 243 g/mol. The maximum Gasteiger partial charge on any atom is 0.307 e. The molecule has 0 amide bonds. The van der Waals surface area contributed by atoms with E-state index >= 15 is 0 Å². The van der Waals surface area contributed by atoms with Crippen LogP contribution in [-0.4, -0.2) is 11.1 Å². The smallest absolute Gasteiger partial charge is 0.307 e. The fourth-order valence-corrected chi connectivity index (χ4v) is 2.52. The Balaban J connectivity index is 1.99. The summed E-state index contributed by atoms with van der Waals surface area (Å²) in [5.41, 5.74) is 2.96. The Morgan fingerprint density at radius 3 is 2.42 bits per heavy atom. The van der Waals surface area contributed by atoms with Gasteiger partial charge in [0.05, 0.1) is 5.92 Å². The summed E-state index contributed by atoms with van der Waals surface area (Å²) in [7, 11) is 0. The van der Waals surface area contributed by atoms with Crippen molar-refractivity contribution in [2.24, 2.45) is 5.92 Å². The second kappa shape index (κ2) is 4.50. The van der Waals surface area contributed by atoms with Crippen molar-refractivity contribution in [2.75, 3.05) is 0 Å². The van der Waals surface area contributed by atoms with Gasteiger partial charge < -0.3 is 5.11 Å². The minimum atomic E-state index is -0.737. The van der Waals surface area contributed by atoms with E-state index in [-0.39, 0.29) is 17.7 Å². The lowest BCUT2D eigenvalue weighted by Crippen LogP contribution is -1.99. The van der Waals surface area contributed by atoms with Crippen molar-refractivity contribution in [3.8, 4) is 11.1 Å². The molecule has 2 aromatic carbocycles. The first-order chi connectivity index (χ1) is 9.16. The summed E-state index contributed by atoms with van der Waals surface area (Å²) in [6.45, 7) is 0. The van der Waals surface area contributed by atoms with E-state index in [1.807, 2.05) is 24.3 Å². The van der Waals surface area contributed by atoms with Crippen LogP contribution in [0.5, 0.6) is 0 Å². The predicted molar refractivity (Wildman–Crippen MR) is 70.3 cm³/mol. The van der Waals surface area contributed by atoms with Gasteiger partial charge in [0, 0.05) is 0 Å². The molecule has 1 saturated carbocycles. The number of aliphatic carboxylic acids is 1. The van der Waals surface area contributed by atoms with Crippen LogP contribution in [-0.2, 0) is 4.79 Å². The molecule has 96 valence electrons. The SMILES string of the molecule is O=C(O)[C@H]1C[C@@H]1c1ccccc1-c1ccc(F)cc1. The van der Waals surface area contributed by atoms with Crippen LogP contribution < -0.4 is 0 Å². The fraction of sp³-hybridized carbons (Fsp3) is 0.188. The van der Waals surface area contributed by atoms with E-state index in [4.69, 9.17) is 5.11 Å². The highest BCUT2D eigenvalue weighted by molar-refractivity contribution is 5.78. The number of hydrogen-bond acceptors (Lipinski definition) is 1. The molecule has 0 aliphatic heterocycles. The van der Waals surface area contributed by atoms with Crippen LogP contribution in [0, 0.1) is 11.7 Å². The third-order valence-corrected chi connectivity index (χ3v) is 3.62. The molecule has 0 spiro atoms. The molecule has 3 rings (SSSR count). The highest BCUT2D eigenvalue weighted by Gasteiger charge is 2.45. The van der Waals surface area contributed by atoms with Gasteiger partial charge >= 0.3 is 5.97 Å². The van der Waals surface area contributed by atoms with Crippen LogP contribution in [0.15, 0.2) is 48.5 Å². The maximum absolute atomic E-state index is 13.0. The van der Waals surface area contributed by atoms with Crippen molar-refractivity contribution in [1.82, 2.24) is 0 Å². The monoisotopic (exact) mass is 256 g/mol. The van der Waals surface area contributed by atoms with Crippen molar-refractivity contribution < 1.29 is 14.3 Å². The predicted octanol–water partition coefficient (Wildman–Crippen LogP) is 3.68. The topological polar surface area (TPSA) is 37.3 Å². The molecule has 1 aliphatic rings. The van der Waals surface area contributed by atoms with E-state index in [0.717, 1.165) is 16.7 Å². The molecule has 3 heteroatoms. The third-order valence-electron chi connectivity index (χ3n) is 3.62. The Morgan fingerprint density at radius 1 is 1.11 bits per heavy atom. The number of hydrogen-bond donors (Lipinski definition) is 1. The highest BCUT2D eigenvalue weighted by atomic mass is 19.1. The minimum Gasteiger partial charge on any atom is -0.481 e. The van der Waals surface area contributed by atoms with E-state index in [9.17, 15) is 9.18 Å².